The standard InChI is InChI=1S/C7H15N.CH4/c1-6-2-4-7(8)5-3-6;/h6-7H,2-5,8H2,1H3;1H4. The summed E-state index contributed by atoms with van der Waals surface area (Å²) in [5.41, 5.74) is 5.70. The average molecular weight is 129 g/mol. The van der Waals surface area contributed by atoms with Crippen molar-refractivity contribution in [2.24, 2.45) is 11.7 Å². The van der Waals surface area contributed by atoms with Gasteiger partial charge < -0.3 is 5.73 Å². The first-order valence-electron chi connectivity index (χ1n) is 3.54. The maximum atomic E-state index is 5.70. The van der Waals surface area contributed by atoms with E-state index in [2.05, 4.69) is 6.92 Å². The summed E-state index contributed by atoms with van der Waals surface area (Å²) in [6.45, 7) is 2.31. The van der Waals surface area contributed by atoms with Crippen LogP contribution in [0.15, 0.2) is 0 Å². The van der Waals surface area contributed by atoms with Crippen molar-refractivity contribution in [1.82, 2.24) is 0 Å². The molecule has 1 aliphatic rings. The van der Waals surface area contributed by atoms with Crippen molar-refractivity contribution >= 4 is 0 Å². The summed E-state index contributed by atoms with van der Waals surface area (Å²) in [6, 6.07) is 0.520. The molecule has 0 unspecified atom stereocenters. The van der Waals surface area contributed by atoms with E-state index in [-0.39, 0.29) is 7.43 Å². The first-order valence-corrected chi connectivity index (χ1v) is 3.54. The van der Waals surface area contributed by atoms with Crippen LogP contribution in [0.1, 0.15) is 40.0 Å². The largest absolute Gasteiger partial charge is 0.328 e. The molecule has 1 rings (SSSR count). The highest BCUT2D eigenvalue weighted by Gasteiger charge is 2.13. The fourth-order valence-electron chi connectivity index (χ4n) is 1.29. The van der Waals surface area contributed by atoms with E-state index in [1.165, 1.54) is 25.7 Å². The third-order valence-corrected chi connectivity index (χ3v) is 2.06. The molecule has 0 aliphatic heterocycles. The van der Waals surface area contributed by atoms with Crippen molar-refractivity contribution < 1.29 is 0 Å². The maximum Gasteiger partial charge on any atom is 0.00390 e. The lowest BCUT2D eigenvalue weighted by Crippen LogP contribution is -2.25. The lowest BCUT2D eigenvalue weighted by molar-refractivity contribution is 0.348. The highest BCUT2D eigenvalue weighted by Crippen LogP contribution is 2.21. The van der Waals surface area contributed by atoms with E-state index in [0.717, 1.165) is 5.92 Å². The average Bonchev–Trinajstić information content (AvgIpc) is 1.77. The molecule has 1 saturated carbocycles. The van der Waals surface area contributed by atoms with Crippen LogP contribution in [-0.4, -0.2) is 6.04 Å². The quantitative estimate of drug-likeness (QED) is 0.533. The van der Waals surface area contributed by atoms with Gasteiger partial charge >= 0.3 is 0 Å². The highest BCUT2D eigenvalue weighted by atomic mass is 14.6. The summed E-state index contributed by atoms with van der Waals surface area (Å²) in [5, 5.41) is 0. The van der Waals surface area contributed by atoms with Gasteiger partial charge in [-0.15, -0.1) is 0 Å². The molecule has 1 fully saturated rings. The minimum Gasteiger partial charge on any atom is -0.328 e. The fraction of sp³-hybridized carbons (Fsp3) is 1.00. The molecule has 0 radical (unpaired) electrons. The third kappa shape index (κ3) is 2.85. The minimum absolute atomic E-state index is 0. The molecule has 0 aromatic carbocycles. The van der Waals surface area contributed by atoms with E-state index < -0.39 is 0 Å². The summed E-state index contributed by atoms with van der Waals surface area (Å²) < 4.78 is 0. The zero-order valence-corrected chi connectivity index (χ0v) is 5.56. The molecule has 0 aromatic heterocycles. The summed E-state index contributed by atoms with van der Waals surface area (Å²) in [4.78, 5) is 0. The van der Waals surface area contributed by atoms with Crippen LogP contribution in [-0.2, 0) is 0 Å². The molecule has 1 heteroatoms. The van der Waals surface area contributed by atoms with Gasteiger partial charge in [0.05, 0.1) is 0 Å². The van der Waals surface area contributed by atoms with Gasteiger partial charge in [0.15, 0.2) is 0 Å². The summed E-state index contributed by atoms with van der Waals surface area (Å²) >= 11 is 0. The molecule has 0 amide bonds. The van der Waals surface area contributed by atoms with Crippen LogP contribution in [0.5, 0.6) is 0 Å². The van der Waals surface area contributed by atoms with E-state index >= 15 is 0 Å². The van der Waals surface area contributed by atoms with Crippen LogP contribution in [0.25, 0.3) is 0 Å². The maximum absolute atomic E-state index is 5.70. The van der Waals surface area contributed by atoms with E-state index in [1.54, 1.807) is 0 Å². The molecule has 0 heterocycles. The van der Waals surface area contributed by atoms with Crippen LogP contribution >= 0.6 is 0 Å². The molecule has 0 aromatic rings. The molecule has 1 aliphatic carbocycles. The van der Waals surface area contributed by atoms with Gasteiger partial charge in [0, 0.05) is 6.04 Å². The van der Waals surface area contributed by atoms with Crippen LogP contribution in [0.3, 0.4) is 0 Å². The van der Waals surface area contributed by atoms with Crippen LogP contribution in [0, 0.1) is 5.92 Å². The van der Waals surface area contributed by atoms with Crippen LogP contribution in [0.2, 0.25) is 0 Å². The Bertz CT molecular complexity index is 53.0. The van der Waals surface area contributed by atoms with E-state index in [0.29, 0.717) is 6.04 Å². The Morgan fingerprint density at radius 2 is 1.56 bits per heavy atom. The van der Waals surface area contributed by atoms with Gasteiger partial charge in [-0.1, -0.05) is 14.4 Å². The second kappa shape index (κ2) is 3.89. The Labute approximate surface area is 58.6 Å². The molecule has 0 atom stereocenters. The summed E-state index contributed by atoms with van der Waals surface area (Å²) in [6.07, 6.45) is 5.20. The number of hydrogen-bond donors (Lipinski definition) is 1. The fourth-order valence-corrected chi connectivity index (χ4v) is 1.29. The lowest BCUT2D eigenvalue weighted by atomic mass is 9.88. The number of nitrogens with two attached hydrogens (primary N) is 1. The van der Waals surface area contributed by atoms with Crippen molar-refractivity contribution in [3.8, 4) is 0 Å². The first kappa shape index (κ1) is 8.96. The lowest BCUT2D eigenvalue weighted by Gasteiger charge is -2.22. The normalized spacial score (nSPS) is 35.3. The zero-order valence-electron chi connectivity index (χ0n) is 5.56. The second-order valence-corrected chi connectivity index (χ2v) is 3.02. The van der Waals surface area contributed by atoms with Gasteiger partial charge in [-0.05, 0) is 31.6 Å². The monoisotopic (exact) mass is 129 g/mol. The Balaban J connectivity index is 0.000000640. The van der Waals surface area contributed by atoms with Gasteiger partial charge in [-0.2, -0.15) is 0 Å². The summed E-state index contributed by atoms with van der Waals surface area (Å²) in [7, 11) is 0. The van der Waals surface area contributed by atoms with Crippen molar-refractivity contribution in [2.45, 2.75) is 46.1 Å². The van der Waals surface area contributed by atoms with Gasteiger partial charge in [-0.25, -0.2) is 0 Å². The van der Waals surface area contributed by atoms with Gasteiger partial charge in [0.1, 0.15) is 0 Å². The van der Waals surface area contributed by atoms with Crippen molar-refractivity contribution in [2.75, 3.05) is 0 Å². The molecule has 2 N–H and O–H groups in total. The summed E-state index contributed by atoms with van der Waals surface area (Å²) in [5.74, 6) is 0.940. The van der Waals surface area contributed by atoms with E-state index in [1.807, 2.05) is 0 Å². The molecule has 0 spiro atoms. The Morgan fingerprint density at radius 1 is 1.11 bits per heavy atom. The third-order valence-electron chi connectivity index (χ3n) is 2.06. The number of hydrogen-bond acceptors (Lipinski definition) is 1. The van der Waals surface area contributed by atoms with Gasteiger partial charge in [-0.3, -0.25) is 0 Å². The predicted octanol–water partition coefficient (Wildman–Crippen LogP) is 2.16. The molecule has 1 nitrogen and oxygen atoms in total. The Kier molecular flexibility index (Phi) is 3.87. The zero-order chi connectivity index (χ0) is 5.98. The first-order chi connectivity index (χ1) is 3.79. The SMILES string of the molecule is C.CC1CCC(N)CC1. The van der Waals surface area contributed by atoms with Crippen molar-refractivity contribution in [1.29, 1.82) is 0 Å². The van der Waals surface area contributed by atoms with Crippen molar-refractivity contribution in [3.63, 3.8) is 0 Å². The number of rotatable bonds is 0. The van der Waals surface area contributed by atoms with E-state index in [4.69, 9.17) is 5.73 Å². The Hall–Kier alpha value is -0.0400. The Morgan fingerprint density at radius 3 is 1.89 bits per heavy atom. The highest BCUT2D eigenvalue weighted by molar-refractivity contribution is 4.70. The van der Waals surface area contributed by atoms with Gasteiger partial charge in [0.2, 0.25) is 0 Å². The van der Waals surface area contributed by atoms with E-state index in [9.17, 15) is 0 Å². The second-order valence-electron chi connectivity index (χ2n) is 3.02. The predicted molar refractivity (Wildman–Crippen MR) is 42.3 cm³/mol. The van der Waals surface area contributed by atoms with Crippen LogP contribution < -0.4 is 5.73 Å². The van der Waals surface area contributed by atoms with Crippen molar-refractivity contribution in [3.05, 3.63) is 0 Å². The topological polar surface area (TPSA) is 26.0 Å². The van der Waals surface area contributed by atoms with Crippen LogP contribution in [0.4, 0.5) is 0 Å². The van der Waals surface area contributed by atoms with Gasteiger partial charge in [0.25, 0.3) is 0 Å². The smallest absolute Gasteiger partial charge is 0.00390 e. The molecule has 56 valence electrons. The molecular formula is C8H19N. The molecule has 9 heavy (non-hydrogen) atoms. The molecule has 0 saturated heterocycles. The molecular weight excluding hydrogens is 110 g/mol. The minimum atomic E-state index is 0. The molecule has 0 bridgehead atoms.